The smallest absolute Gasteiger partial charge is 0.475 e. The van der Waals surface area contributed by atoms with Crippen LogP contribution in [0.25, 0.3) is 0 Å². The Kier molecular flexibility index (Phi) is 5.91. The fourth-order valence-electron chi connectivity index (χ4n) is 3.03. The van der Waals surface area contributed by atoms with E-state index in [2.05, 4.69) is 24.2 Å². The van der Waals surface area contributed by atoms with E-state index in [1.54, 1.807) is 6.07 Å². The third kappa shape index (κ3) is 4.94. The minimum absolute atomic E-state index is 0.0702. The third-order valence-corrected chi connectivity index (χ3v) is 4.09. The van der Waals surface area contributed by atoms with Crippen molar-refractivity contribution in [1.82, 2.24) is 15.0 Å². The molecule has 1 aromatic rings. The number of nitrogens with zero attached hydrogens (tertiary/aromatic N) is 3. The van der Waals surface area contributed by atoms with E-state index in [0.717, 1.165) is 32.7 Å². The van der Waals surface area contributed by atoms with Crippen molar-refractivity contribution in [2.45, 2.75) is 18.7 Å². The Balaban J connectivity index is 0.000000298. The molecule has 1 spiro atoms. The molecule has 0 aliphatic carbocycles. The maximum atomic E-state index is 12.0. The standard InChI is InChI=1S/C13H19N3O3.C2HF3O2/c1-15(2)6-10-5-13(9-18-10)7-16(8-13)12(17)11-3-4-14-19-11;3-2(4,5)1(6)7/h3-4,10H,5-9H2,1-2H3;(H,6,7). The first-order chi connectivity index (χ1) is 12.0. The molecule has 1 atom stereocenters. The van der Waals surface area contributed by atoms with E-state index < -0.39 is 12.1 Å². The summed E-state index contributed by atoms with van der Waals surface area (Å²) in [5.41, 5.74) is 0.163. The fraction of sp³-hybridized carbons (Fsp3) is 0.667. The molecule has 8 nitrogen and oxygen atoms in total. The predicted molar refractivity (Wildman–Crippen MR) is 81.4 cm³/mol. The Morgan fingerprint density at radius 2 is 2.04 bits per heavy atom. The van der Waals surface area contributed by atoms with Crippen LogP contribution >= 0.6 is 0 Å². The fourth-order valence-corrected chi connectivity index (χ4v) is 3.03. The van der Waals surface area contributed by atoms with Crippen molar-refractivity contribution in [3.63, 3.8) is 0 Å². The highest BCUT2D eigenvalue weighted by molar-refractivity contribution is 5.92. The first kappa shape index (κ1) is 20.2. The molecule has 3 heterocycles. The molecule has 2 aliphatic heterocycles. The van der Waals surface area contributed by atoms with Gasteiger partial charge in [-0.1, -0.05) is 5.16 Å². The van der Waals surface area contributed by atoms with Gasteiger partial charge in [0, 0.05) is 31.1 Å². The zero-order valence-corrected chi connectivity index (χ0v) is 14.3. The van der Waals surface area contributed by atoms with E-state index in [1.165, 1.54) is 6.20 Å². The molecule has 0 saturated carbocycles. The highest BCUT2D eigenvalue weighted by atomic mass is 19.4. The number of carbonyl (C=O) groups excluding carboxylic acids is 1. The van der Waals surface area contributed by atoms with Gasteiger partial charge in [-0.2, -0.15) is 13.2 Å². The third-order valence-electron chi connectivity index (χ3n) is 4.09. The maximum absolute atomic E-state index is 12.0. The lowest BCUT2D eigenvalue weighted by Crippen LogP contribution is -2.59. The van der Waals surface area contributed by atoms with Gasteiger partial charge in [-0.25, -0.2) is 4.79 Å². The van der Waals surface area contributed by atoms with E-state index in [4.69, 9.17) is 19.2 Å². The quantitative estimate of drug-likeness (QED) is 0.840. The minimum Gasteiger partial charge on any atom is -0.475 e. The second kappa shape index (κ2) is 7.62. The molecule has 2 fully saturated rings. The van der Waals surface area contributed by atoms with E-state index in [-0.39, 0.29) is 17.4 Å². The highest BCUT2D eigenvalue weighted by Crippen LogP contribution is 2.41. The molecule has 1 N–H and O–H groups in total. The Labute approximate surface area is 147 Å². The van der Waals surface area contributed by atoms with Crippen molar-refractivity contribution in [3.8, 4) is 0 Å². The summed E-state index contributed by atoms with van der Waals surface area (Å²) in [7, 11) is 4.10. The number of aromatic nitrogens is 1. The van der Waals surface area contributed by atoms with Crippen LogP contribution in [0.15, 0.2) is 16.8 Å². The number of hydrogen-bond acceptors (Lipinski definition) is 6. The van der Waals surface area contributed by atoms with Gasteiger partial charge in [0.2, 0.25) is 5.76 Å². The number of aliphatic carboxylic acids is 1. The lowest BCUT2D eigenvalue weighted by molar-refractivity contribution is -0.192. The number of carbonyl (C=O) groups is 2. The Bertz CT molecular complexity index is 627. The largest absolute Gasteiger partial charge is 0.490 e. The number of halogens is 3. The summed E-state index contributed by atoms with van der Waals surface area (Å²) in [4.78, 5) is 24.9. The van der Waals surface area contributed by atoms with Crippen LogP contribution in [0, 0.1) is 5.41 Å². The summed E-state index contributed by atoms with van der Waals surface area (Å²) < 4.78 is 42.5. The first-order valence-corrected chi connectivity index (χ1v) is 7.79. The SMILES string of the molecule is CN(C)CC1CC2(CO1)CN(C(=O)c1ccno1)C2.O=C(O)C(F)(F)F. The summed E-state index contributed by atoms with van der Waals surface area (Å²) in [5.74, 6) is -2.51. The number of rotatable bonds is 3. The van der Waals surface area contributed by atoms with E-state index in [0.29, 0.717) is 5.76 Å². The molecule has 146 valence electrons. The van der Waals surface area contributed by atoms with Gasteiger partial charge in [-0.15, -0.1) is 0 Å². The summed E-state index contributed by atoms with van der Waals surface area (Å²) in [6, 6.07) is 1.60. The van der Waals surface area contributed by atoms with Crippen molar-refractivity contribution < 1.29 is 37.1 Å². The second-order valence-corrected chi connectivity index (χ2v) is 6.74. The molecule has 11 heteroatoms. The Hall–Kier alpha value is -2.14. The summed E-state index contributed by atoms with van der Waals surface area (Å²) >= 11 is 0. The van der Waals surface area contributed by atoms with Gasteiger partial charge in [-0.05, 0) is 20.5 Å². The molecule has 2 aliphatic rings. The van der Waals surface area contributed by atoms with Crippen LogP contribution in [-0.4, -0.2) is 84.6 Å². The zero-order valence-electron chi connectivity index (χ0n) is 14.3. The van der Waals surface area contributed by atoms with Gasteiger partial charge in [-0.3, -0.25) is 4.79 Å². The number of likely N-dealkylation sites (tertiary alicyclic amines) is 1. The van der Waals surface area contributed by atoms with Gasteiger partial charge in [0.15, 0.2) is 0 Å². The van der Waals surface area contributed by atoms with Gasteiger partial charge in [0.1, 0.15) is 0 Å². The van der Waals surface area contributed by atoms with Gasteiger partial charge in [0.25, 0.3) is 5.91 Å². The number of carboxylic acid groups (broad SMARTS) is 1. The summed E-state index contributed by atoms with van der Waals surface area (Å²) in [6.07, 6.45) is -2.27. The number of ether oxygens (including phenoxy) is 1. The van der Waals surface area contributed by atoms with Crippen molar-refractivity contribution in [3.05, 3.63) is 18.0 Å². The van der Waals surface area contributed by atoms with Gasteiger partial charge >= 0.3 is 12.1 Å². The molecule has 0 bridgehead atoms. The van der Waals surface area contributed by atoms with Crippen LogP contribution in [0.4, 0.5) is 13.2 Å². The average Bonchev–Trinajstić information content (AvgIpc) is 3.13. The van der Waals surface area contributed by atoms with Crippen LogP contribution in [0.2, 0.25) is 0 Å². The Morgan fingerprint density at radius 1 is 1.42 bits per heavy atom. The van der Waals surface area contributed by atoms with Gasteiger partial charge in [0.05, 0.1) is 18.9 Å². The zero-order chi connectivity index (χ0) is 19.5. The highest BCUT2D eigenvalue weighted by Gasteiger charge is 2.51. The van der Waals surface area contributed by atoms with Crippen LogP contribution in [-0.2, 0) is 9.53 Å². The molecule has 1 aromatic heterocycles. The molecule has 1 amide bonds. The molecular formula is C15H20F3N3O5. The number of alkyl halides is 3. The number of hydrogen-bond donors (Lipinski definition) is 1. The van der Waals surface area contributed by atoms with Crippen molar-refractivity contribution in [2.75, 3.05) is 40.3 Å². The van der Waals surface area contributed by atoms with E-state index >= 15 is 0 Å². The van der Waals surface area contributed by atoms with Crippen LogP contribution < -0.4 is 0 Å². The summed E-state index contributed by atoms with van der Waals surface area (Å²) in [6.45, 7) is 3.22. The van der Waals surface area contributed by atoms with Crippen LogP contribution in [0.1, 0.15) is 17.0 Å². The number of carboxylic acids is 1. The maximum Gasteiger partial charge on any atom is 0.490 e. The van der Waals surface area contributed by atoms with Crippen molar-refractivity contribution in [2.24, 2.45) is 5.41 Å². The Morgan fingerprint density at radius 3 is 2.50 bits per heavy atom. The lowest BCUT2D eigenvalue weighted by atomic mass is 9.77. The second-order valence-electron chi connectivity index (χ2n) is 6.74. The topological polar surface area (TPSA) is 96.1 Å². The lowest BCUT2D eigenvalue weighted by Gasteiger charge is -2.46. The molecule has 2 saturated heterocycles. The molecule has 0 aromatic carbocycles. The molecular weight excluding hydrogens is 359 g/mol. The molecule has 3 rings (SSSR count). The number of likely N-dealkylation sites (N-methyl/N-ethyl adjacent to an activating group) is 1. The normalized spacial score (nSPS) is 21.3. The van der Waals surface area contributed by atoms with Crippen LogP contribution in [0.5, 0.6) is 0 Å². The molecule has 0 radical (unpaired) electrons. The average molecular weight is 379 g/mol. The number of amides is 1. The minimum atomic E-state index is -5.08. The predicted octanol–water partition coefficient (Wildman–Crippen LogP) is 1.10. The van der Waals surface area contributed by atoms with Gasteiger partial charge < -0.3 is 24.2 Å². The molecule has 1 unspecified atom stereocenters. The monoisotopic (exact) mass is 379 g/mol. The van der Waals surface area contributed by atoms with E-state index in [9.17, 15) is 18.0 Å². The van der Waals surface area contributed by atoms with Crippen molar-refractivity contribution in [1.29, 1.82) is 0 Å². The molecule has 26 heavy (non-hydrogen) atoms. The van der Waals surface area contributed by atoms with E-state index in [1.807, 2.05) is 4.90 Å². The van der Waals surface area contributed by atoms with Crippen LogP contribution in [0.3, 0.4) is 0 Å². The summed E-state index contributed by atoms with van der Waals surface area (Å²) in [5, 5.41) is 10.7. The van der Waals surface area contributed by atoms with Crippen molar-refractivity contribution >= 4 is 11.9 Å². The first-order valence-electron chi connectivity index (χ1n) is 7.79.